The van der Waals surface area contributed by atoms with Crippen LogP contribution in [0.5, 0.6) is 0 Å². The Balaban J connectivity index is -0.000000130. The molecule has 138 valence electrons. The number of methoxy groups -OCH3 is 3. The molecule has 0 saturated heterocycles. The maximum absolute atomic E-state index is 10.2. The van der Waals surface area contributed by atoms with Crippen LogP contribution >= 0.6 is 0 Å². The SMILES string of the molecule is COC(=O)CC(C)=O.COC(=O)CC(C)=O.COC(=O)CC(C)=O.[Al+3]. The first-order chi connectivity index (χ1) is 11.0. The molecular formula is C15H24AlO9+3. The number of Topliss-reactive ketones (excluding diaryl/α,β-unsaturated/α-hetero) is 3. The van der Waals surface area contributed by atoms with E-state index in [4.69, 9.17) is 0 Å². The van der Waals surface area contributed by atoms with Crippen molar-refractivity contribution in [3.05, 3.63) is 0 Å². The molecule has 0 saturated carbocycles. The van der Waals surface area contributed by atoms with Crippen LogP contribution in [0.1, 0.15) is 40.0 Å². The number of esters is 3. The summed E-state index contributed by atoms with van der Waals surface area (Å²) in [4.78, 5) is 60.9. The minimum atomic E-state index is -0.475. The van der Waals surface area contributed by atoms with Crippen molar-refractivity contribution in [2.75, 3.05) is 21.3 Å². The molecule has 0 N–H and O–H groups in total. The number of carbonyl (C=O) groups is 6. The summed E-state index contributed by atoms with van der Waals surface area (Å²) in [5, 5.41) is 0. The van der Waals surface area contributed by atoms with Crippen molar-refractivity contribution in [2.45, 2.75) is 40.0 Å². The van der Waals surface area contributed by atoms with Crippen molar-refractivity contribution in [3.63, 3.8) is 0 Å². The number of ketones is 3. The van der Waals surface area contributed by atoms with Crippen molar-refractivity contribution in [1.82, 2.24) is 0 Å². The molecule has 0 aromatic rings. The van der Waals surface area contributed by atoms with Crippen LogP contribution in [-0.4, -0.2) is 73.9 Å². The summed E-state index contributed by atoms with van der Waals surface area (Å²) in [6.45, 7) is 4.03. The second kappa shape index (κ2) is 20.0. The second-order valence-electron chi connectivity index (χ2n) is 4.36. The van der Waals surface area contributed by atoms with Crippen LogP contribution in [-0.2, 0) is 43.0 Å². The Morgan fingerprint density at radius 2 is 0.680 bits per heavy atom. The number of ether oxygens (including phenoxy) is 3. The van der Waals surface area contributed by atoms with Gasteiger partial charge in [-0.25, -0.2) is 0 Å². The second-order valence-corrected chi connectivity index (χ2v) is 4.36. The molecule has 25 heavy (non-hydrogen) atoms. The van der Waals surface area contributed by atoms with Crippen molar-refractivity contribution in [3.8, 4) is 0 Å². The molecule has 0 aromatic carbocycles. The fourth-order valence-corrected chi connectivity index (χ4v) is 0.826. The van der Waals surface area contributed by atoms with Gasteiger partial charge in [-0.15, -0.1) is 0 Å². The summed E-state index contributed by atoms with van der Waals surface area (Å²) in [5.41, 5.74) is 0. The predicted octanol–water partition coefficient (Wildman–Crippen LogP) is 0.0347. The number of rotatable bonds is 6. The molecule has 0 fully saturated rings. The van der Waals surface area contributed by atoms with E-state index in [-0.39, 0.29) is 54.0 Å². The van der Waals surface area contributed by atoms with Gasteiger partial charge in [-0.1, -0.05) is 0 Å². The Labute approximate surface area is 157 Å². The molecule has 10 heteroatoms. The van der Waals surface area contributed by atoms with Gasteiger partial charge in [0.1, 0.15) is 36.6 Å². The third kappa shape index (κ3) is 34.3. The van der Waals surface area contributed by atoms with Crippen LogP contribution in [0.25, 0.3) is 0 Å². The van der Waals surface area contributed by atoms with Crippen molar-refractivity contribution >= 4 is 52.6 Å². The van der Waals surface area contributed by atoms with Gasteiger partial charge < -0.3 is 14.2 Å². The first kappa shape index (κ1) is 30.8. The van der Waals surface area contributed by atoms with Gasteiger partial charge in [-0.2, -0.15) is 0 Å². The van der Waals surface area contributed by atoms with Crippen molar-refractivity contribution in [1.29, 1.82) is 0 Å². The van der Waals surface area contributed by atoms with Gasteiger partial charge in [0.05, 0.1) is 21.3 Å². The monoisotopic (exact) mass is 375 g/mol. The van der Waals surface area contributed by atoms with E-state index in [0.29, 0.717) is 0 Å². The molecule has 0 atom stereocenters. The summed E-state index contributed by atoms with van der Waals surface area (Å²) in [6.07, 6.45) is -0.344. The summed E-state index contributed by atoms with van der Waals surface area (Å²) in [7, 11) is 3.77. The van der Waals surface area contributed by atoms with E-state index in [0.717, 1.165) is 0 Å². The van der Waals surface area contributed by atoms with Gasteiger partial charge in [0.25, 0.3) is 0 Å². The Kier molecular flexibility index (Phi) is 24.6. The molecule has 0 bridgehead atoms. The molecule has 0 unspecified atom stereocenters. The zero-order valence-electron chi connectivity index (χ0n) is 15.4. The average molecular weight is 375 g/mol. The van der Waals surface area contributed by atoms with Gasteiger partial charge in [0.2, 0.25) is 0 Å². The van der Waals surface area contributed by atoms with Gasteiger partial charge in [-0.05, 0) is 20.8 Å². The predicted molar refractivity (Wildman–Crippen MR) is 87.7 cm³/mol. The fraction of sp³-hybridized carbons (Fsp3) is 0.600. The van der Waals surface area contributed by atoms with E-state index in [2.05, 4.69) is 14.2 Å². The average Bonchev–Trinajstić information content (AvgIpc) is 2.46. The van der Waals surface area contributed by atoms with Crippen LogP contribution in [0.15, 0.2) is 0 Å². The molecular weight excluding hydrogens is 351 g/mol. The van der Waals surface area contributed by atoms with Crippen LogP contribution in [0.4, 0.5) is 0 Å². The molecule has 0 aromatic heterocycles. The third-order valence-corrected chi connectivity index (χ3v) is 1.86. The number of carbonyl (C=O) groups excluding carboxylic acids is 6. The summed E-state index contributed by atoms with van der Waals surface area (Å²) in [5.74, 6) is -1.93. The van der Waals surface area contributed by atoms with E-state index >= 15 is 0 Å². The van der Waals surface area contributed by atoms with Gasteiger partial charge >= 0.3 is 35.3 Å². The van der Waals surface area contributed by atoms with E-state index in [1.165, 1.54) is 42.1 Å². The van der Waals surface area contributed by atoms with Gasteiger partial charge in [0.15, 0.2) is 0 Å². The van der Waals surface area contributed by atoms with Crippen LogP contribution < -0.4 is 0 Å². The normalized spacial score (nSPS) is 7.92. The number of hydrogen-bond donors (Lipinski definition) is 0. The zero-order valence-corrected chi connectivity index (χ0v) is 16.5. The van der Waals surface area contributed by atoms with Gasteiger partial charge in [0, 0.05) is 0 Å². The van der Waals surface area contributed by atoms with E-state index < -0.39 is 17.9 Å². The molecule has 0 heterocycles. The first-order valence-corrected chi connectivity index (χ1v) is 6.68. The van der Waals surface area contributed by atoms with Gasteiger partial charge in [-0.3, -0.25) is 28.8 Å². The summed E-state index contributed by atoms with van der Waals surface area (Å²) in [6, 6.07) is 0. The molecule has 9 nitrogen and oxygen atoms in total. The number of hydrogen-bond acceptors (Lipinski definition) is 9. The molecule has 0 aliphatic carbocycles. The summed E-state index contributed by atoms with van der Waals surface area (Å²) >= 11 is 0. The summed E-state index contributed by atoms with van der Waals surface area (Å²) < 4.78 is 12.6. The first-order valence-electron chi connectivity index (χ1n) is 6.68. The standard InChI is InChI=1S/3C5H8O3.Al/c3*1-4(6)3-5(7)8-2;/h3*3H2,1-2H3;/q;;;+3. The molecule has 0 aliphatic rings. The van der Waals surface area contributed by atoms with Crippen LogP contribution in [0, 0.1) is 0 Å². The molecule has 0 radical (unpaired) electrons. The molecule has 0 aliphatic heterocycles. The Bertz CT molecular complexity index is 391. The maximum Gasteiger partial charge on any atom is 3.00 e. The van der Waals surface area contributed by atoms with E-state index in [1.807, 2.05) is 0 Å². The minimum Gasteiger partial charge on any atom is -0.469 e. The maximum atomic E-state index is 10.2. The quantitative estimate of drug-likeness (QED) is 0.273. The molecule has 0 spiro atoms. The Morgan fingerprint density at radius 3 is 0.720 bits per heavy atom. The minimum absolute atomic E-state index is 0. The van der Waals surface area contributed by atoms with Crippen LogP contribution in [0.2, 0.25) is 0 Å². The van der Waals surface area contributed by atoms with E-state index in [1.54, 1.807) is 0 Å². The fourth-order valence-electron chi connectivity index (χ4n) is 0.826. The Morgan fingerprint density at radius 1 is 0.520 bits per heavy atom. The van der Waals surface area contributed by atoms with Crippen molar-refractivity contribution in [2.24, 2.45) is 0 Å². The third-order valence-electron chi connectivity index (χ3n) is 1.86. The molecule has 0 amide bonds. The van der Waals surface area contributed by atoms with Crippen molar-refractivity contribution < 1.29 is 43.0 Å². The largest absolute Gasteiger partial charge is 3.00 e. The van der Waals surface area contributed by atoms with Crippen LogP contribution in [0.3, 0.4) is 0 Å². The topological polar surface area (TPSA) is 130 Å². The molecule has 0 rings (SSSR count). The van der Waals surface area contributed by atoms with E-state index in [9.17, 15) is 28.8 Å². The Hall–Kier alpha value is -2.05. The smallest absolute Gasteiger partial charge is 0.469 e. The zero-order chi connectivity index (χ0) is 19.7.